The van der Waals surface area contributed by atoms with Crippen LogP contribution in [0.15, 0.2) is 41.8 Å². The fourth-order valence-electron chi connectivity index (χ4n) is 1.59. The fraction of sp³-hybridized carbons (Fsp3) is 0.214. The van der Waals surface area contributed by atoms with Crippen molar-refractivity contribution in [1.82, 2.24) is 5.32 Å². The van der Waals surface area contributed by atoms with E-state index in [-0.39, 0.29) is 12.5 Å². The van der Waals surface area contributed by atoms with Crippen molar-refractivity contribution < 1.29 is 9.90 Å². The molecular formula is C14H15NO2S. The summed E-state index contributed by atoms with van der Waals surface area (Å²) in [6, 6.07) is 11.2. The Labute approximate surface area is 110 Å². The number of thiophene rings is 1. The number of aryl methyl sites for hydroxylation is 1. The average molecular weight is 261 g/mol. The van der Waals surface area contributed by atoms with E-state index in [4.69, 9.17) is 0 Å². The summed E-state index contributed by atoms with van der Waals surface area (Å²) in [5, 5.41) is 14.5. The van der Waals surface area contributed by atoms with E-state index in [1.807, 2.05) is 42.6 Å². The Hall–Kier alpha value is -1.65. The van der Waals surface area contributed by atoms with E-state index in [9.17, 15) is 9.90 Å². The summed E-state index contributed by atoms with van der Waals surface area (Å²) in [6.45, 7) is 2.22. The van der Waals surface area contributed by atoms with Crippen LogP contribution >= 0.6 is 11.3 Å². The van der Waals surface area contributed by atoms with Gasteiger partial charge in [-0.2, -0.15) is 0 Å². The monoisotopic (exact) mass is 261 g/mol. The van der Waals surface area contributed by atoms with Crippen LogP contribution in [0, 0.1) is 6.92 Å². The highest BCUT2D eigenvalue weighted by molar-refractivity contribution is 7.12. The summed E-state index contributed by atoms with van der Waals surface area (Å²) in [5.74, 6) is -0.142. The molecule has 0 saturated carbocycles. The quantitative estimate of drug-likeness (QED) is 0.888. The Balaban J connectivity index is 1.90. The van der Waals surface area contributed by atoms with Gasteiger partial charge in [-0.1, -0.05) is 35.9 Å². The summed E-state index contributed by atoms with van der Waals surface area (Å²) in [6.07, 6.45) is -0.672. The van der Waals surface area contributed by atoms with Crippen molar-refractivity contribution in [2.45, 2.75) is 13.0 Å². The van der Waals surface area contributed by atoms with Crippen LogP contribution in [0.25, 0.3) is 0 Å². The minimum atomic E-state index is -0.672. The third kappa shape index (κ3) is 3.18. The molecule has 2 N–H and O–H groups in total. The summed E-state index contributed by atoms with van der Waals surface area (Å²) >= 11 is 1.39. The maximum Gasteiger partial charge on any atom is 0.261 e. The third-order valence-corrected chi connectivity index (χ3v) is 3.53. The molecule has 4 heteroatoms. The predicted octanol–water partition coefficient (Wildman–Crippen LogP) is 2.52. The number of nitrogens with one attached hydrogen (secondary N) is 1. The Morgan fingerprint density at radius 2 is 2.06 bits per heavy atom. The molecule has 2 aromatic rings. The fourth-order valence-corrected chi connectivity index (χ4v) is 2.23. The minimum absolute atomic E-state index is 0.142. The Morgan fingerprint density at radius 3 is 2.67 bits per heavy atom. The Kier molecular flexibility index (Phi) is 4.12. The summed E-state index contributed by atoms with van der Waals surface area (Å²) in [7, 11) is 0. The van der Waals surface area contributed by atoms with Crippen molar-refractivity contribution in [3.8, 4) is 0 Å². The molecule has 0 bridgehead atoms. The van der Waals surface area contributed by atoms with Crippen molar-refractivity contribution in [1.29, 1.82) is 0 Å². The molecule has 1 atom stereocenters. The third-order valence-electron chi connectivity index (χ3n) is 2.66. The van der Waals surface area contributed by atoms with Crippen molar-refractivity contribution in [3.05, 3.63) is 57.8 Å². The first kappa shape index (κ1) is 12.8. The van der Waals surface area contributed by atoms with Gasteiger partial charge in [0.2, 0.25) is 0 Å². The van der Waals surface area contributed by atoms with Crippen molar-refractivity contribution in [3.63, 3.8) is 0 Å². The SMILES string of the molecule is Cc1ccc(C(O)CNC(=O)c2cccs2)cc1. The number of carbonyl (C=O) groups excluding carboxylic acids is 1. The van der Waals surface area contributed by atoms with Gasteiger partial charge in [-0.15, -0.1) is 11.3 Å². The molecule has 0 saturated heterocycles. The molecule has 2 rings (SSSR count). The highest BCUT2D eigenvalue weighted by atomic mass is 32.1. The molecule has 1 unspecified atom stereocenters. The molecular weight excluding hydrogens is 246 g/mol. The van der Waals surface area contributed by atoms with Crippen LogP contribution in [0.1, 0.15) is 26.9 Å². The van der Waals surface area contributed by atoms with Gasteiger partial charge in [0.25, 0.3) is 5.91 Å². The lowest BCUT2D eigenvalue weighted by atomic mass is 10.1. The number of hydrogen-bond acceptors (Lipinski definition) is 3. The number of amides is 1. The van der Waals surface area contributed by atoms with Gasteiger partial charge in [-0.25, -0.2) is 0 Å². The summed E-state index contributed by atoms with van der Waals surface area (Å²) in [4.78, 5) is 12.3. The van der Waals surface area contributed by atoms with Gasteiger partial charge in [0.1, 0.15) is 0 Å². The zero-order valence-corrected chi connectivity index (χ0v) is 10.9. The smallest absolute Gasteiger partial charge is 0.261 e. The molecule has 0 fully saturated rings. The number of benzene rings is 1. The maximum atomic E-state index is 11.7. The minimum Gasteiger partial charge on any atom is -0.387 e. The second-order valence-corrected chi connectivity index (χ2v) is 5.06. The number of carbonyl (C=O) groups is 1. The number of aliphatic hydroxyl groups is 1. The zero-order valence-electron chi connectivity index (χ0n) is 10.1. The molecule has 0 aliphatic heterocycles. The lowest BCUT2D eigenvalue weighted by molar-refractivity contribution is 0.0920. The molecule has 1 aromatic heterocycles. The van der Waals surface area contributed by atoms with Crippen LogP contribution in [0.2, 0.25) is 0 Å². The molecule has 1 heterocycles. The highest BCUT2D eigenvalue weighted by Crippen LogP contribution is 2.13. The molecule has 0 aliphatic rings. The van der Waals surface area contributed by atoms with E-state index in [0.717, 1.165) is 11.1 Å². The van der Waals surface area contributed by atoms with Gasteiger partial charge in [-0.05, 0) is 23.9 Å². The number of aliphatic hydroxyl groups excluding tert-OH is 1. The van der Waals surface area contributed by atoms with E-state index < -0.39 is 6.10 Å². The number of hydrogen-bond donors (Lipinski definition) is 2. The Morgan fingerprint density at radius 1 is 1.33 bits per heavy atom. The predicted molar refractivity (Wildman–Crippen MR) is 72.8 cm³/mol. The van der Waals surface area contributed by atoms with Gasteiger partial charge in [-0.3, -0.25) is 4.79 Å². The van der Waals surface area contributed by atoms with Crippen LogP contribution in [0.4, 0.5) is 0 Å². The largest absolute Gasteiger partial charge is 0.387 e. The molecule has 3 nitrogen and oxygen atoms in total. The van der Waals surface area contributed by atoms with Gasteiger partial charge in [0, 0.05) is 6.54 Å². The molecule has 1 amide bonds. The van der Waals surface area contributed by atoms with Crippen LogP contribution in [-0.4, -0.2) is 17.6 Å². The van der Waals surface area contributed by atoms with E-state index in [0.29, 0.717) is 4.88 Å². The Bertz CT molecular complexity index is 505. The first-order valence-electron chi connectivity index (χ1n) is 5.73. The average Bonchev–Trinajstić information content (AvgIpc) is 2.90. The first-order chi connectivity index (χ1) is 8.66. The normalized spacial score (nSPS) is 12.1. The van der Waals surface area contributed by atoms with E-state index in [1.54, 1.807) is 6.07 Å². The lowest BCUT2D eigenvalue weighted by Gasteiger charge is -2.12. The first-order valence-corrected chi connectivity index (χ1v) is 6.61. The summed E-state index contributed by atoms with van der Waals surface area (Å²) in [5.41, 5.74) is 1.96. The van der Waals surface area contributed by atoms with Gasteiger partial charge in [0.05, 0.1) is 11.0 Å². The standard InChI is InChI=1S/C14H15NO2S/c1-10-4-6-11(7-5-10)12(16)9-15-14(17)13-3-2-8-18-13/h2-8,12,16H,9H2,1H3,(H,15,17). The van der Waals surface area contributed by atoms with Crippen molar-refractivity contribution in [2.75, 3.05) is 6.54 Å². The van der Waals surface area contributed by atoms with Crippen LogP contribution in [0.3, 0.4) is 0 Å². The van der Waals surface area contributed by atoms with E-state index >= 15 is 0 Å². The van der Waals surface area contributed by atoms with Crippen molar-refractivity contribution >= 4 is 17.2 Å². The molecule has 1 aromatic carbocycles. The van der Waals surface area contributed by atoms with Crippen molar-refractivity contribution in [2.24, 2.45) is 0 Å². The summed E-state index contributed by atoms with van der Waals surface area (Å²) < 4.78 is 0. The maximum absolute atomic E-state index is 11.7. The molecule has 18 heavy (non-hydrogen) atoms. The number of rotatable bonds is 4. The molecule has 0 spiro atoms. The van der Waals surface area contributed by atoms with Gasteiger partial charge in [0.15, 0.2) is 0 Å². The molecule has 0 radical (unpaired) electrons. The molecule has 0 aliphatic carbocycles. The molecule has 94 valence electrons. The van der Waals surface area contributed by atoms with E-state index in [2.05, 4.69) is 5.32 Å². The second-order valence-electron chi connectivity index (χ2n) is 4.11. The topological polar surface area (TPSA) is 49.3 Å². The van der Waals surface area contributed by atoms with Crippen LogP contribution in [0.5, 0.6) is 0 Å². The van der Waals surface area contributed by atoms with Crippen LogP contribution < -0.4 is 5.32 Å². The second kappa shape index (κ2) is 5.80. The van der Waals surface area contributed by atoms with E-state index in [1.165, 1.54) is 11.3 Å². The highest BCUT2D eigenvalue weighted by Gasteiger charge is 2.11. The van der Waals surface area contributed by atoms with Gasteiger partial charge >= 0.3 is 0 Å². The van der Waals surface area contributed by atoms with Gasteiger partial charge < -0.3 is 10.4 Å². The van der Waals surface area contributed by atoms with Crippen LogP contribution in [-0.2, 0) is 0 Å². The zero-order chi connectivity index (χ0) is 13.0. The lowest BCUT2D eigenvalue weighted by Crippen LogP contribution is -2.27.